The van der Waals surface area contributed by atoms with Crippen LogP contribution in [0.25, 0.3) is 5.69 Å². The van der Waals surface area contributed by atoms with Crippen molar-refractivity contribution >= 4 is 17.7 Å². The molecule has 0 aliphatic carbocycles. The minimum Gasteiger partial charge on any atom is -0.497 e. The van der Waals surface area contributed by atoms with E-state index in [9.17, 15) is 22.4 Å². The molecule has 1 heterocycles. The Labute approximate surface area is 184 Å². The van der Waals surface area contributed by atoms with Crippen LogP contribution in [0.4, 0.5) is 17.6 Å². The largest absolute Gasteiger partial charge is 0.497 e. The summed E-state index contributed by atoms with van der Waals surface area (Å²) in [5.74, 6) is -0.372. The zero-order chi connectivity index (χ0) is 23.1. The van der Waals surface area contributed by atoms with Gasteiger partial charge in [-0.2, -0.15) is 13.2 Å². The topological polar surface area (TPSA) is 78.3 Å². The van der Waals surface area contributed by atoms with E-state index in [0.29, 0.717) is 11.5 Å². The number of hydrogen-bond acceptors (Lipinski definition) is 6. The van der Waals surface area contributed by atoms with Crippen LogP contribution in [-0.4, -0.2) is 46.3 Å². The number of amides is 1. The highest BCUT2D eigenvalue weighted by Gasteiger charge is 2.28. The Hall–Kier alpha value is -3.28. The van der Waals surface area contributed by atoms with Gasteiger partial charge in [-0.25, -0.2) is 4.39 Å². The summed E-state index contributed by atoms with van der Waals surface area (Å²) in [4.78, 5) is 11.7. The number of para-hydroxylation sites is 1. The minimum absolute atomic E-state index is 0.0749. The Morgan fingerprint density at radius 2 is 1.78 bits per heavy atom. The standard InChI is InChI=1S/C20H18F4N4O3S/c1-30-13-6-8-14(9-7-13)31-10-17-26-27-19(28(17)16-5-3-2-4-15(16)21)32-11-18(29)25-12-20(22,23)24/h2-9H,10-12H2,1H3,(H,25,29). The van der Waals surface area contributed by atoms with Gasteiger partial charge in [-0.05, 0) is 36.4 Å². The molecule has 12 heteroatoms. The fourth-order valence-corrected chi connectivity index (χ4v) is 3.36. The fraction of sp³-hybridized carbons (Fsp3) is 0.250. The normalized spacial score (nSPS) is 11.3. The predicted molar refractivity (Wildman–Crippen MR) is 108 cm³/mol. The van der Waals surface area contributed by atoms with E-state index in [2.05, 4.69) is 10.2 Å². The number of alkyl halides is 3. The summed E-state index contributed by atoms with van der Waals surface area (Å²) in [6, 6.07) is 12.6. The lowest BCUT2D eigenvalue weighted by atomic mass is 10.3. The number of ether oxygens (including phenoxy) is 2. The molecule has 32 heavy (non-hydrogen) atoms. The molecule has 0 bridgehead atoms. The van der Waals surface area contributed by atoms with Gasteiger partial charge in [0, 0.05) is 0 Å². The molecule has 0 atom stereocenters. The molecule has 0 aliphatic rings. The molecule has 1 amide bonds. The van der Waals surface area contributed by atoms with Gasteiger partial charge < -0.3 is 14.8 Å². The van der Waals surface area contributed by atoms with Gasteiger partial charge in [0.15, 0.2) is 11.0 Å². The van der Waals surface area contributed by atoms with Gasteiger partial charge in [0.05, 0.1) is 18.6 Å². The van der Waals surface area contributed by atoms with Crippen LogP contribution in [0.2, 0.25) is 0 Å². The van der Waals surface area contributed by atoms with E-state index in [0.717, 1.165) is 11.8 Å². The lowest BCUT2D eigenvalue weighted by Crippen LogP contribution is -2.34. The van der Waals surface area contributed by atoms with Gasteiger partial charge in [-0.1, -0.05) is 23.9 Å². The molecule has 0 fully saturated rings. The third-order valence-corrected chi connectivity index (χ3v) is 4.97. The zero-order valence-electron chi connectivity index (χ0n) is 16.7. The first-order valence-corrected chi connectivity index (χ1v) is 10.2. The van der Waals surface area contributed by atoms with E-state index in [1.807, 2.05) is 0 Å². The number of carbonyl (C=O) groups excluding carboxylic acids is 1. The number of thioether (sulfide) groups is 1. The molecule has 0 aliphatic heterocycles. The molecule has 0 unspecified atom stereocenters. The second kappa shape index (κ2) is 10.4. The number of aromatic nitrogens is 3. The third-order valence-electron chi connectivity index (χ3n) is 4.04. The Balaban J connectivity index is 1.77. The molecule has 2 aromatic carbocycles. The van der Waals surface area contributed by atoms with Crippen LogP contribution in [0.3, 0.4) is 0 Å². The summed E-state index contributed by atoms with van der Waals surface area (Å²) in [6.45, 7) is -1.51. The molecular weight excluding hydrogens is 452 g/mol. The smallest absolute Gasteiger partial charge is 0.405 e. The van der Waals surface area contributed by atoms with Crippen LogP contribution in [0.1, 0.15) is 5.82 Å². The molecule has 170 valence electrons. The monoisotopic (exact) mass is 470 g/mol. The second-order valence-corrected chi connectivity index (χ2v) is 7.27. The van der Waals surface area contributed by atoms with Crippen molar-refractivity contribution in [3.05, 3.63) is 60.2 Å². The van der Waals surface area contributed by atoms with Crippen LogP contribution in [0, 0.1) is 5.82 Å². The average molecular weight is 470 g/mol. The Morgan fingerprint density at radius 3 is 2.44 bits per heavy atom. The zero-order valence-corrected chi connectivity index (χ0v) is 17.5. The molecule has 0 radical (unpaired) electrons. The maximum Gasteiger partial charge on any atom is 0.405 e. The van der Waals surface area contributed by atoms with Crippen molar-refractivity contribution in [3.8, 4) is 17.2 Å². The number of halogens is 4. The fourth-order valence-electron chi connectivity index (χ4n) is 2.56. The maximum atomic E-state index is 14.5. The first kappa shape index (κ1) is 23.4. The number of carbonyl (C=O) groups is 1. The molecule has 0 spiro atoms. The Bertz CT molecular complexity index is 1060. The number of rotatable bonds is 9. The molecule has 7 nitrogen and oxygen atoms in total. The van der Waals surface area contributed by atoms with Gasteiger partial charge in [-0.15, -0.1) is 10.2 Å². The molecule has 1 N–H and O–H groups in total. The summed E-state index contributed by atoms with van der Waals surface area (Å²) < 4.78 is 63.4. The van der Waals surface area contributed by atoms with Crippen LogP contribution >= 0.6 is 11.8 Å². The van der Waals surface area contributed by atoms with Crippen molar-refractivity contribution in [2.75, 3.05) is 19.4 Å². The van der Waals surface area contributed by atoms with Crippen molar-refractivity contribution in [2.45, 2.75) is 17.9 Å². The molecule has 3 rings (SSSR count). The van der Waals surface area contributed by atoms with Gasteiger partial charge in [0.1, 0.15) is 30.5 Å². The molecular formula is C20H18F4N4O3S. The highest BCUT2D eigenvalue weighted by atomic mass is 32.2. The van der Waals surface area contributed by atoms with Crippen molar-refractivity contribution in [1.82, 2.24) is 20.1 Å². The van der Waals surface area contributed by atoms with E-state index in [1.54, 1.807) is 35.6 Å². The summed E-state index contributed by atoms with van der Waals surface area (Å²) >= 11 is 0.828. The summed E-state index contributed by atoms with van der Waals surface area (Å²) in [7, 11) is 1.54. The first-order chi connectivity index (χ1) is 15.3. The van der Waals surface area contributed by atoms with Crippen molar-refractivity contribution in [1.29, 1.82) is 0 Å². The highest BCUT2D eigenvalue weighted by Crippen LogP contribution is 2.25. The van der Waals surface area contributed by atoms with Crippen molar-refractivity contribution in [3.63, 3.8) is 0 Å². The lowest BCUT2D eigenvalue weighted by molar-refractivity contribution is -0.136. The molecule has 1 aromatic heterocycles. The number of methoxy groups -OCH3 is 1. The maximum absolute atomic E-state index is 14.5. The Kier molecular flexibility index (Phi) is 7.57. The Morgan fingerprint density at radius 1 is 1.09 bits per heavy atom. The molecule has 0 saturated heterocycles. The van der Waals surface area contributed by atoms with E-state index in [1.165, 1.54) is 29.9 Å². The quantitative estimate of drug-likeness (QED) is 0.379. The van der Waals surface area contributed by atoms with E-state index < -0.39 is 24.4 Å². The van der Waals surface area contributed by atoms with Gasteiger partial charge in [0.25, 0.3) is 0 Å². The SMILES string of the molecule is COc1ccc(OCc2nnc(SCC(=O)NCC(F)(F)F)n2-c2ccccc2F)cc1. The third kappa shape index (κ3) is 6.36. The summed E-state index contributed by atoms with van der Waals surface area (Å²) in [5.41, 5.74) is 0.115. The van der Waals surface area contributed by atoms with Gasteiger partial charge >= 0.3 is 6.18 Å². The van der Waals surface area contributed by atoms with Crippen LogP contribution in [0.15, 0.2) is 53.7 Å². The van der Waals surface area contributed by atoms with Crippen molar-refractivity contribution in [2.24, 2.45) is 0 Å². The second-order valence-electron chi connectivity index (χ2n) is 6.33. The average Bonchev–Trinajstić information content (AvgIpc) is 3.17. The van der Waals surface area contributed by atoms with Crippen molar-refractivity contribution < 1.29 is 31.8 Å². The first-order valence-electron chi connectivity index (χ1n) is 9.19. The minimum atomic E-state index is -4.51. The molecule has 3 aromatic rings. The van der Waals surface area contributed by atoms with Gasteiger partial charge in [0.2, 0.25) is 5.91 Å². The number of nitrogens with zero attached hydrogens (tertiary/aromatic N) is 3. The number of hydrogen-bond donors (Lipinski definition) is 1. The number of nitrogens with one attached hydrogen (secondary N) is 1. The van der Waals surface area contributed by atoms with E-state index >= 15 is 0 Å². The van der Waals surface area contributed by atoms with Crippen LogP contribution in [0.5, 0.6) is 11.5 Å². The summed E-state index contributed by atoms with van der Waals surface area (Å²) in [5, 5.41) is 9.88. The number of benzene rings is 2. The van der Waals surface area contributed by atoms with Crippen LogP contribution in [-0.2, 0) is 11.4 Å². The highest BCUT2D eigenvalue weighted by molar-refractivity contribution is 7.99. The van der Waals surface area contributed by atoms with Gasteiger partial charge in [-0.3, -0.25) is 9.36 Å². The molecule has 0 saturated carbocycles. The summed E-state index contributed by atoms with van der Waals surface area (Å²) in [6.07, 6.45) is -4.51. The van der Waals surface area contributed by atoms with E-state index in [-0.39, 0.29) is 29.0 Å². The lowest BCUT2D eigenvalue weighted by Gasteiger charge is -2.12. The van der Waals surface area contributed by atoms with E-state index in [4.69, 9.17) is 9.47 Å². The predicted octanol–water partition coefficient (Wildman–Crippen LogP) is 3.76. The van der Waals surface area contributed by atoms with Crippen LogP contribution < -0.4 is 14.8 Å².